The summed E-state index contributed by atoms with van der Waals surface area (Å²) < 4.78 is 11.7. The Morgan fingerprint density at radius 1 is 0.730 bits per heavy atom. The van der Waals surface area contributed by atoms with E-state index in [1.807, 2.05) is 0 Å². The van der Waals surface area contributed by atoms with E-state index in [-0.39, 0.29) is 30.1 Å². The van der Waals surface area contributed by atoms with Gasteiger partial charge in [0.1, 0.15) is 6.10 Å². The molecular formula is C57H101NO5. The number of rotatable bonds is 34. The molecule has 3 saturated carbocycles. The molecule has 6 nitrogen and oxygen atoms in total. The van der Waals surface area contributed by atoms with Gasteiger partial charge in [-0.1, -0.05) is 142 Å². The topological polar surface area (TPSA) is 76.1 Å². The lowest BCUT2D eigenvalue weighted by molar-refractivity contribution is -0.151. The molecule has 4 aliphatic rings. The van der Waals surface area contributed by atoms with Crippen molar-refractivity contribution in [2.75, 3.05) is 32.8 Å². The molecule has 0 spiro atoms. The molecule has 0 aliphatic heterocycles. The molecule has 0 bridgehead atoms. The zero-order chi connectivity index (χ0) is 45.3. The van der Waals surface area contributed by atoms with Crippen LogP contribution in [0.1, 0.15) is 241 Å². The van der Waals surface area contributed by atoms with E-state index in [1.54, 1.807) is 5.57 Å². The summed E-state index contributed by atoms with van der Waals surface area (Å²) in [5.74, 6) is 4.98. The van der Waals surface area contributed by atoms with Gasteiger partial charge in [-0.15, -0.1) is 0 Å². The minimum absolute atomic E-state index is 0.0233. The molecule has 4 rings (SSSR count). The third-order valence-corrected chi connectivity index (χ3v) is 17.1. The van der Waals surface area contributed by atoms with Crippen LogP contribution in [0, 0.1) is 46.3 Å². The van der Waals surface area contributed by atoms with Crippen LogP contribution in [0.3, 0.4) is 0 Å². The number of unbranched alkanes of at least 4 members (excludes halogenated alkanes) is 14. The number of aliphatic hydroxyl groups is 1. The van der Waals surface area contributed by atoms with Crippen molar-refractivity contribution >= 4 is 11.9 Å². The number of nitrogens with zero attached hydrogens (tertiary/aromatic N) is 1. The van der Waals surface area contributed by atoms with Gasteiger partial charge in [0.15, 0.2) is 0 Å². The van der Waals surface area contributed by atoms with Gasteiger partial charge in [0, 0.05) is 25.8 Å². The Morgan fingerprint density at radius 3 is 2.08 bits per heavy atom. The number of aliphatic hydroxyl groups excluding tert-OH is 1. The minimum Gasteiger partial charge on any atom is -0.466 e. The third-order valence-electron chi connectivity index (χ3n) is 17.1. The van der Waals surface area contributed by atoms with Crippen molar-refractivity contribution in [2.45, 2.75) is 247 Å². The molecule has 8 atom stereocenters. The number of allylic oxidation sites excluding steroid dienone is 3. The molecule has 0 aromatic carbocycles. The smallest absolute Gasteiger partial charge is 0.306 e. The Bertz CT molecular complexity index is 1330. The summed E-state index contributed by atoms with van der Waals surface area (Å²) in [6, 6.07) is 0. The lowest BCUT2D eigenvalue weighted by atomic mass is 9.47. The van der Waals surface area contributed by atoms with E-state index in [0.717, 1.165) is 113 Å². The largest absolute Gasteiger partial charge is 0.466 e. The standard InChI is InChI=1S/C57H101NO5/c1-7-8-9-10-11-12-13-14-15-16-17-18-19-20-22-30-54(60)62-44-26-25-41-58(42-43-59)40-24-21-23-31-55(61)63-49-36-38-56(5)48(45-49)32-33-50-52-35-34-51(47(4)29-27-28-46(2)3)57(52,6)39-37-53(50)56/h14-15,32,46-47,49-53,59H,7-13,16-31,33-45H2,1-6H3/b15-14+. The van der Waals surface area contributed by atoms with Gasteiger partial charge < -0.3 is 19.5 Å². The molecule has 1 N–H and O–H groups in total. The summed E-state index contributed by atoms with van der Waals surface area (Å²) in [4.78, 5) is 27.6. The molecule has 0 radical (unpaired) electrons. The van der Waals surface area contributed by atoms with Crippen molar-refractivity contribution in [1.29, 1.82) is 0 Å². The highest BCUT2D eigenvalue weighted by molar-refractivity contribution is 5.69. The molecule has 8 unspecified atom stereocenters. The van der Waals surface area contributed by atoms with Gasteiger partial charge in [-0.25, -0.2) is 0 Å². The Balaban J connectivity index is 1.01. The van der Waals surface area contributed by atoms with Crippen LogP contribution in [0.15, 0.2) is 23.8 Å². The van der Waals surface area contributed by atoms with Crippen LogP contribution in [-0.4, -0.2) is 60.9 Å². The number of fused-ring (bicyclic) bond motifs is 5. The summed E-state index contributed by atoms with van der Waals surface area (Å²) in [7, 11) is 0. The van der Waals surface area contributed by atoms with E-state index < -0.39 is 0 Å². The summed E-state index contributed by atoms with van der Waals surface area (Å²) >= 11 is 0. The van der Waals surface area contributed by atoms with Gasteiger partial charge in [0.2, 0.25) is 0 Å². The predicted molar refractivity (Wildman–Crippen MR) is 265 cm³/mol. The third kappa shape index (κ3) is 18.2. The van der Waals surface area contributed by atoms with Crippen LogP contribution in [0.5, 0.6) is 0 Å². The monoisotopic (exact) mass is 880 g/mol. The maximum atomic E-state index is 13.0. The van der Waals surface area contributed by atoms with Gasteiger partial charge >= 0.3 is 11.9 Å². The molecule has 0 heterocycles. The fourth-order valence-electron chi connectivity index (χ4n) is 13.3. The first-order chi connectivity index (χ1) is 30.5. The molecular weight excluding hydrogens is 779 g/mol. The second-order valence-corrected chi connectivity index (χ2v) is 22.3. The van der Waals surface area contributed by atoms with Crippen LogP contribution in [0.4, 0.5) is 0 Å². The quantitative estimate of drug-likeness (QED) is 0.0394. The van der Waals surface area contributed by atoms with Crippen molar-refractivity contribution in [2.24, 2.45) is 46.3 Å². The lowest BCUT2D eigenvalue weighted by Gasteiger charge is -2.58. The molecule has 0 aromatic heterocycles. The number of carbonyl (C=O) groups excluding carboxylic acids is 2. The van der Waals surface area contributed by atoms with E-state index in [2.05, 4.69) is 64.7 Å². The first-order valence-electron chi connectivity index (χ1n) is 27.5. The molecule has 63 heavy (non-hydrogen) atoms. The van der Waals surface area contributed by atoms with E-state index in [0.29, 0.717) is 31.4 Å². The van der Waals surface area contributed by atoms with Crippen LogP contribution in [0.25, 0.3) is 0 Å². The molecule has 6 heteroatoms. The second kappa shape index (κ2) is 29.9. The first kappa shape index (κ1) is 54.0. The van der Waals surface area contributed by atoms with Gasteiger partial charge in [0.25, 0.3) is 0 Å². The van der Waals surface area contributed by atoms with E-state index in [4.69, 9.17) is 9.47 Å². The summed E-state index contributed by atoms with van der Waals surface area (Å²) in [6.45, 7) is 18.0. The van der Waals surface area contributed by atoms with E-state index >= 15 is 0 Å². The molecule has 0 aromatic rings. The van der Waals surface area contributed by atoms with Crippen molar-refractivity contribution < 1.29 is 24.2 Å². The number of esters is 2. The highest BCUT2D eigenvalue weighted by Gasteiger charge is 2.59. The average Bonchev–Trinajstić information content (AvgIpc) is 3.62. The van der Waals surface area contributed by atoms with E-state index in [9.17, 15) is 14.7 Å². The maximum absolute atomic E-state index is 13.0. The molecule has 0 saturated heterocycles. The Labute approximate surface area is 389 Å². The molecule has 4 aliphatic carbocycles. The zero-order valence-corrected chi connectivity index (χ0v) is 42.3. The fraction of sp³-hybridized carbons (Fsp3) is 0.895. The van der Waals surface area contributed by atoms with Crippen LogP contribution < -0.4 is 0 Å². The van der Waals surface area contributed by atoms with Crippen molar-refractivity contribution in [3.8, 4) is 0 Å². The Hall–Kier alpha value is -1.66. The predicted octanol–water partition coefficient (Wildman–Crippen LogP) is 15.2. The van der Waals surface area contributed by atoms with Gasteiger partial charge in [-0.05, 0) is 162 Å². The number of hydrogen-bond acceptors (Lipinski definition) is 6. The first-order valence-corrected chi connectivity index (χ1v) is 27.5. The average molecular weight is 880 g/mol. The highest BCUT2D eigenvalue weighted by atomic mass is 16.5. The maximum Gasteiger partial charge on any atom is 0.306 e. The number of carbonyl (C=O) groups is 2. The Kier molecular flexibility index (Phi) is 25.6. The van der Waals surface area contributed by atoms with E-state index in [1.165, 1.54) is 122 Å². The molecule has 0 amide bonds. The lowest BCUT2D eigenvalue weighted by Crippen LogP contribution is -2.51. The summed E-state index contributed by atoms with van der Waals surface area (Å²) in [6.07, 6.45) is 43.6. The van der Waals surface area contributed by atoms with Crippen molar-refractivity contribution in [3.05, 3.63) is 23.8 Å². The minimum atomic E-state index is -0.0638. The van der Waals surface area contributed by atoms with Gasteiger partial charge in [-0.3, -0.25) is 9.59 Å². The fourth-order valence-corrected chi connectivity index (χ4v) is 13.3. The van der Waals surface area contributed by atoms with Gasteiger partial charge in [-0.2, -0.15) is 0 Å². The van der Waals surface area contributed by atoms with Gasteiger partial charge in [0.05, 0.1) is 13.2 Å². The summed E-state index contributed by atoms with van der Waals surface area (Å²) in [5, 5.41) is 9.65. The van der Waals surface area contributed by atoms with Crippen molar-refractivity contribution in [1.82, 2.24) is 4.90 Å². The molecule has 3 fully saturated rings. The van der Waals surface area contributed by atoms with Crippen LogP contribution >= 0.6 is 0 Å². The number of ether oxygens (including phenoxy) is 2. The SMILES string of the molecule is CCCCCCCC/C=C/CCCCCCCC(=O)OCCCCN(CCO)CCCCCC(=O)OC1CCC2(C)C(=CCC3C2CCC2(C)C(C(C)CCCC(C)C)CCC32)C1. The highest BCUT2D eigenvalue weighted by Crippen LogP contribution is 2.67. The molecule has 364 valence electrons. The van der Waals surface area contributed by atoms with Crippen molar-refractivity contribution in [3.63, 3.8) is 0 Å². The zero-order valence-electron chi connectivity index (χ0n) is 42.3. The van der Waals surface area contributed by atoms with Crippen LogP contribution in [-0.2, 0) is 19.1 Å². The van der Waals surface area contributed by atoms with Crippen LogP contribution in [0.2, 0.25) is 0 Å². The number of hydrogen-bond donors (Lipinski definition) is 1. The Morgan fingerprint density at radius 2 is 1.38 bits per heavy atom. The summed E-state index contributed by atoms with van der Waals surface area (Å²) in [5.41, 5.74) is 2.40. The second-order valence-electron chi connectivity index (χ2n) is 22.3. The normalized spacial score (nSPS) is 27.3.